The first-order chi connectivity index (χ1) is 29.0. The highest BCUT2D eigenvalue weighted by Gasteiger charge is 2.37. The Bertz CT molecular complexity index is 3200. The summed E-state index contributed by atoms with van der Waals surface area (Å²) in [5, 5.41) is 4.87. The Kier molecular flexibility index (Phi) is 8.20. The molecule has 0 radical (unpaired) electrons. The van der Waals surface area contributed by atoms with Gasteiger partial charge in [-0.25, -0.2) is 9.97 Å². The fraction of sp³-hybridized carbons (Fsp3) is 0.0526. The van der Waals surface area contributed by atoms with E-state index in [4.69, 9.17) is 9.97 Å². The Morgan fingerprint density at radius 3 is 1.47 bits per heavy atom. The molecule has 0 aliphatic heterocycles. The van der Waals surface area contributed by atoms with Crippen molar-refractivity contribution in [3.05, 3.63) is 217 Å². The van der Waals surface area contributed by atoms with E-state index in [2.05, 4.69) is 214 Å². The number of fused-ring (bicyclic) bond motifs is 5. The Morgan fingerprint density at radius 2 is 0.797 bits per heavy atom. The minimum absolute atomic E-state index is 0.124. The highest BCUT2D eigenvalue weighted by Crippen LogP contribution is 2.53. The van der Waals surface area contributed by atoms with Gasteiger partial charge in [-0.3, -0.25) is 0 Å². The highest BCUT2D eigenvalue weighted by molar-refractivity contribution is 6.04. The van der Waals surface area contributed by atoms with Gasteiger partial charge in [0.2, 0.25) is 0 Å². The monoisotopic (exact) mass is 752 g/mol. The van der Waals surface area contributed by atoms with Crippen molar-refractivity contribution in [3.63, 3.8) is 0 Å². The molecule has 59 heavy (non-hydrogen) atoms. The molecule has 1 heterocycles. The molecule has 2 heteroatoms. The van der Waals surface area contributed by atoms with Crippen molar-refractivity contribution in [2.45, 2.75) is 19.3 Å². The molecular formula is C57H40N2. The van der Waals surface area contributed by atoms with Gasteiger partial charge in [0.25, 0.3) is 0 Å². The summed E-state index contributed by atoms with van der Waals surface area (Å²) in [4.78, 5) is 10.5. The SMILES string of the molecule is CC1(C)c2cc3ccccc3cc2-c2cccc(-c3ccc(-c4ccc(-c5nc(-c6ccccc6)cc(-c6ccc(-c7ccccc7)cc6)n5)c5ccccc45)cc3)c21. The van der Waals surface area contributed by atoms with Crippen LogP contribution in [0.15, 0.2) is 206 Å². The van der Waals surface area contributed by atoms with Crippen molar-refractivity contribution in [1.29, 1.82) is 0 Å². The molecule has 278 valence electrons. The Morgan fingerprint density at radius 1 is 0.322 bits per heavy atom. The summed E-state index contributed by atoms with van der Waals surface area (Å²) in [5.74, 6) is 0.709. The molecule has 1 aromatic heterocycles. The lowest BCUT2D eigenvalue weighted by molar-refractivity contribution is 0.663. The molecule has 1 aliphatic carbocycles. The number of nitrogens with zero attached hydrogens (tertiary/aromatic N) is 2. The zero-order chi connectivity index (χ0) is 39.5. The second kappa shape index (κ2) is 13.9. The molecule has 10 aromatic rings. The van der Waals surface area contributed by atoms with Crippen LogP contribution in [-0.2, 0) is 5.41 Å². The second-order valence-corrected chi connectivity index (χ2v) is 16.2. The van der Waals surface area contributed by atoms with E-state index in [9.17, 15) is 0 Å². The molecule has 2 nitrogen and oxygen atoms in total. The molecule has 0 bridgehead atoms. The lowest BCUT2D eigenvalue weighted by Crippen LogP contribution is -2.16. The molecule has 0 spiro atoms. The minimum Gasteiger partial charge on any atom is -0.228 e. The normalized spacial score (nSPS) is 12.7. The van der Waals surface area contributed by atoms with Crippen LogP contribution >= 0.6 is 0 Å². The molecule has 0 amide bonds. The van der Waals surface area contributed by atoms with E-state index < -0.39 is 0 Å². The average Bonchev–Trinajstić information content (AvgIpc) is 3.53. The molecular weight excluding hydrogens is 713 g/mol. The zero-order valence-corrected chi connectivity index (χ0v) is 33.0. The Balaban J connectivity index is 0.981. The topological polar surface area (TPSA) is 25.8 Å². The van der Waals surface area contributed by atoms with Crippen LogP contribution in [0.1, 0.15) is 25.0 Å². The number of hydrogen-bond donors (Lipinski definition) is 0. The van der Waals surface area contributed by atoms with Crippen molar-refractivity contribution >= 4 is 21.5 Å². The molecule has 1 aliphatic rings. The third-order valence-electron chi connectivity index (χ3n) is 12.3. The van der Waals surface area contributed by atoms with Crippen molar-refractivity contribution in [3.8, 4) is 78.4 Å². The number of rotatable bonds is 6. The van der Waals surface area contributed by atoms with Gasteiger partial charge in [-0.1, -0.05) is 196 Å². The Labute approximate surface area is 345 Å². The summed E-state index contributed by atoms with van der Waals surface area (Å²) in [6.07, 6.45) is 0. The molecule has 0 N–H and O–H groups in total. The predicted octanol–water partition coefficient (Wildman–Crippen LogP) is 15.1. The van der Waals surface area contributed by atoms with Crippen molar-refractivity contribution in [2.24, 2.45) is 0 Å². The summed E-state index contributed by atoms with van der Waals surface area (Å²) in [6.45, 7) is 4.75. The van der Waals surface area contributed by atoms with Gasteiger partial charge in [-0.15, -0.1) is 0 Å². The van der Waals surface area contributed by atoms with Gasteiger partial charge in [0.15, 0.2) is 5.82 Å². The van der Waals surface area contributed by atoms with Crippen LogP contribution in [0.2, 0.25) is 0 Å². The number of benzene rings is 9. The van der Waals surface area contributed by atoms with E-state index >= 15 is 0 Å². The Hall–Kier alpha value is -7.42. The molecule has 9 aromatic carbocycles. The summed E-state index contributed by atoms with van der Waals surface area (Å²) < 4.78 is 0. The quantitative estimate of drug-likeness (QED) is 0.169. The van der Waals surface area contributed by atoms with Crippen molar-refractivity contribution in [1.82, 2.24) is 9.97 Å². The maximum absolute atomic E-state index is 5.26. The zero-order valence-electron chi connectivity index (χ0n) is 33.0. The van der Waals surface area contributed by atoms with E-state index in [1.807, 2.05) is 6.07 Å². The summed E-state index contributed by atoms with van der Waals surface area (Å²) in [7, 11) is 0. The van der Waals surface area contributed by atoms with Crippen molar-refractivity contribution < 1.29 is 0 Å². The van der Waals surface area contributed by atoms with Crippen LogP contribution in [-0.4, -0.2) is 9.97 Å². The van der Waals surface area contributed by atoms with Crippen molar-refractivity contribution in [2.75, 3.05) is 0 Å². The minimum atomic E-state index is -0.124. The van der Waals surface area contributed by atoms with Crippen LogP contribution in [0.25, 0.3) is 100.0 Å². The average molecular weight is 753 g/mol. The summed E-state index contributed by atoms with van der Waals surface area (Å²) >= 11 is 0. The number of hydrogen-bond acceptors (Lipinski definition) is 2. The molecule has 0 atom stereocenters. The van der Waals surface area contributed by atoms with E-state index in [1.54, 1.807) is 0 Å². The van der Waals surface area contributed by atoms with Gasteiger partial charge >= 0.3 is 0 Å². The number of aromatic nitrogens is 2. The van der Waals surface area contributed by atoms with Crippen LogP contribution in [0.4, 0.5) is 0 Å². The molecule has 0 fully saturated rings. The van der Waals surface area contributed by atoms with Crippen LogP contribution < -0.4 is 0 Å². The van der Waals surface area contributed by atoms with Gasteiger partial charge in [0.05, 0.1) is 11.4 Å². The molecule has 0 saturated heterocycles. The van der Waals surface area contributed by atoms with Gasteiger partial charge in [-0.2, -0.15) is 0 Å². The standard InChI is InChI=1S/C57H40N2/c1-57(2)52-35-44-19-10-9-18-43(44)34-51(52)49-23-13-22-46(55(49)57)40-28-26-39(27-29-40)45-32-33-50(48-21-12-11-20-47(45)48)56-58-53(41-16-7-4-8-17-41)36-54(59-56)42-30-24-38(25-31-42)37-14-5-3-6-15-37/h3-36H,1-2H3. The lowest BCUT2D eigenvalue weighted by atomic mass is 9.78. The smallest absolute Gasteiger partial charge is 0.161 e. The van der Waals surface area contributed by atoms with Gasteiger partial charge in [-0.05, 0) is 101 Å². The maximum Gasteiger partial charge on any atom is 0.161 e. The molecule has 11 rings (SSSR count). The van der Waals surface area contributed by atoms with Crippen LogP contribution in [0.3, 0.4) is 0 Å². The highest BCUT2D eigenvalue weighted by atomic mass is 14.9. The van der Waals surface area contributed by atoms with E-state index in [1.165, 1.54) is 71.8 Å². The first-order valence-corrected chi connectivity index (χ1v) is 20.4. The maximum atomic E-state index is 5.26. The summed E-state index contributed by atoms with van der Waals surface area (Å²) in [5.41, 5.74) is 17.5. The van der Waals surface area contributed by atoms with E-state index in [-0.39, 0.29) is 5.41 Å². The second-order valence-electron chi connectivity index (χ2n) is 16.2. The lowest BCUT2D eigenvalue weighted by Gasteiger charge is -2.25. The van der Waals surface area contributed by atoms with Crippen LogP contribution in [0, 0.1) is 0 Å². The predicted molar refractivity (Wildman–Crippen MR) is 247 cm³/mol. The van der Waals surface area contributed by atoms with Gasteiger partial charge < -0.3 is 0 Å². The fourth-order valence-electron chi connectivity index (χ4n) is 9.32. The first-order valence-electron chi connectivity index (χ1n) is 20.4. The fourth-order valence-corrected chi connectivity index (χ4v) is 9.32. The largest absolute Gasteiger partial charge is 0.228 e. The third-order valence-corrected chi connectivity index (χ3v) is 12.3. The summed E-state index contributed by atoms with van der Waals surface area (Å²) in [6, 6.07) is 74.2. The molecule has 0 unspecified atom stereocenters. The van der Waals surface area contributed by atoms with Crippen LogP contribution in [0.5, 0.6) is 0 Å². The van der Waals surface area contributed by atoms with Gasteiger partial charge in [0.1, 0.15) is 0 Å². The first kappa shape index (κ1) is 34.8. The molecule has 0 saturated carbocycles. The van der Waals surface area contributed by atoms with E-state index in [0.717, 1.165) is 33.5 Å². The van der Waals surface area contributed by atoms with Gasteiger partial charge in [0, 0.05) is 22.1 Å². The third kappa shape index (κ3) is 5.96. The van der Waals surface area contributed by atoms with E-state index in [0.29, 0.717) is 5.82 Å².